The van der Waals surface area contributed by atoms with E-state index in [2.05, 4.69) is 5.32 Å². The molecule has 0 aliphatic heterocycles. The Labute approximate surface area is 89.4 Å². The molecule has 0 saturated heterocycles. The van der Waals surface area contributed by atoms with Gasteiger partial charge in [0, 0.05) is 24.7 Å². The average molecular weight is 208 g/mol. The maximum atomic E-state index is 10.5. The van der Waals surface area contributed by atoms with E-state index in [-0.39, 0.29) is 5.91 Å². The van der Waals surface area contributed by atoms with E-state index in [1.165, 1.54) is 0 Å². The Morgan fingerprint density at radius 1 is 1.53 bits per heavy atom. The van der Waals surface area contributed by atoms with Gasteiger partial charge in [-0.05, 0) is 19.1 Å². The fourth-order valence-corrected chi connectivity index (χ4v) is 1.19. The van der Waals surface area contributed by atoms with Crippen LogP contribution in [0.2, 0.25) is 0 Å². The Morgan fingerprint density at radius 3 is 3.00 bits per heavy atom. The summed E-state index contributed by atoms with van der Waals surface area (Å²) in [7, 11) is 0. The molecule has 0 spiro atoms. The summed E-state index contributed by atoms with van der Waals surface area (Å²) in [6, 6.07) is 7.61. The molecule has 1 aromatic carbocycles. The van der Waals surface area contributed by atoms with Crippen molar-refractivity contribution >= 4 is 11.6 Å². The Bertz CT molecular complexity index is 326. The van der Waals surface area contributed by atoms with Gasteiger partial charge in [-0.3, -0.25) is 4.79 Å². The molecular weight excluding hydrogens is 192 g/mol. The van der Waals surface area contributed by atoms with E-state index in [4.69, 9.17) is 10.5 Å². The van der Waals surface area contributed by atoms with Crippen LogP contribution in [0.4, 0.5) is 5.69 Å². The van der Waals surface area contributed by atoms with Crippen molar-refractivity contribution in [3.05, 3.63) is 24.3 Å². The summed E-state index contributed by atoms with van der Waals surface area (Å²) in [5.74, 6) is 0.519. The van der Waals surface area contributed by atoms with Gasteiger partial charge in [0.2, 0.25) is 5.91 Å². The van der Waals surface area contributed by atoms with E-state index in [1.807, 2.05) is 31.2 Å². The number of ether oxygens (including phenoxy) is 1. The van der Waals surface area contributed by atoms with Crippen LogP contribution in [-0.4, -0.2) is 19.1 Å². The lowest BCUT2D eigenvalue weighted by Crippen LogP contribution is -2.15. The summed E-state index contributed by atoms with van der Waals surface area (Å²) in [5, 5.41) is 3.09. The first-order valence-electron chi connectivity index (χ1n) is 4.97. The van der Waals surface area contributed by atoms with Gasteiger partial charge in [0.25, 0.3) is 0 Å². The molecule has 0 aromatic heterocycles. The molecule has 0 heterocycles. The molecule has 4 nitrogen and oxygen atoms in total. The molecule has 3 N–H and O–H groups in total. The minimum absolute atomic E-state index is 0.302. The monoisotopic (exact) mass is 208 g/mol. The highest BCUT2D eigenvalue weighted by molar-refractivity contribution is 5.74. The van der Waals surface area contributed by atoms with Crippen LogP contribution in [-0.2, 0) is 4.79 Å². The molecule has 4 heteroatoms. The SMILES string of the molecule is CCOc1cccc(NCCC(N)=O)c1. The van der Waals surface area contributed by atoms with Crippen molar-refractivity contribution < 1.29 is 9.53 Å². The summed E-state index contributed by atoms with van der Waals surface area (Å²) in [5.41, 5.74) is 5.96. The van der Waals surface area contributed by atoms with Crippen LogP contribution in [0.25, 0.3) is 0 Å². The van der Waals surface area contributed by atoms with E-state index in [0.29, 0.717) is 19.6 Å². The number of nitrogens with one attached hydrogen (secondary N) is 1. The average Bonchev–Trinajstić information content (AvgIpc) is 2.18. The summed E-state index contributed by atoms with van der Waals surface area (Å²) in [4.78, 5) is 10.5. The maximum Gasteiger partial charge on any atom is 0.219 e. The highest BCUT2D eigenvalue weighted by Gasteiger charge is 1.97. The van der Waals surface area contributed by atoms with Crippen molar-refractivity contribution in [1.82, 2.24) is 0 Å². The van der Waals surface area contributed by atoms with Crippen LogP contribution in [0.15, 0.2) is 24.3 Å². The Morgan fingerprint density at radius 2 is 2.33 bits per heavy atom. The van der Waals surface area contributed by atoms with Crippen LogP contribution in [0, 0.1) is 0 Å². The molecule has 0 unspecified atom stereocenters. The van der Waals surface area contributed by atoms with Gasteiger partial charge in [0.15, 0.2) is 0 Å². The van der Waals surface area contributed by atoms with E-state index in [9.17, 15) is 4.79 Å². The van der Waals surface area contributed by atoms with E-state index in [1.54, 1.807) is 0 Å². The predicted octanol–water partition coefficient (Wildman–Crippen LogP) is 1.37. The number of rotatable bonds is 6. The second kappa shape index (κ2) is 5.90. The van der Waals surface area contributed by atoms with Gasteiger partial charge in [0.05, 0.1) is 6.61 Å². The first kappa shape index (κ1) is 11.4. The lowest BCUT2D eigenvalue weighted by molar-refractivity contribution is -0.117. The second-order valence-electron chi connectivity index (χ2n) is 3.10. The van der Waals surface area contributed by atoms with Crippen molar-refractivity contribution in [2.24, 2.45) is 5.73 Å². The summed E-state index contributed by atoms with van der Waals surface area (Å²) in [6.07, 6.45) is 0.332. The number of carbonyl (C=O) groups excluding carboxylic acids is 1. The standard InChI is InChI=1S/C11H16N2O2/c1-2-15-10-5-3-4-9(8-10)13-7-6-11(12)14/h3-5,8,13H,2,6-7H2,1H3,(H2,12,14). The molecule has 0 fully saturated rings. The lowest BCUT2D eigenvalue weighted by Gasteiger charge is -2.07. The van der Waals surface area contributed by atoms with Crippen LogP contribution in [0.1, 0.15) is 13.3 Å². The Kier molecular flexibility index (Phi) is 4.47. The number of hydrogen-bond donors (Lipinski definition) is 2. The first-order valence-corrected chi connectivity index (χ1v) is 4.97. The molecule has 0 radical (unpaired) electrons. The molecule has 0 saturated carbocycles. The minimum Gasteiger partial charge on any atom is -0.494 e. The number of carbonyl (C=O) groups is 1. The highest BCUT2D eigenvalue weighted by atomic mass is 16.5. The predicted molar refractivity (Wildman–Crippen MR) is 59.9 cm³/mol. The molecule has 1 rings (SSSR count). The minimum atomic E-state index is -0.302. The third-order valence-corrected chi connectivity index (χ3v) is 1.85. The number of anilines is 1. The third kappa shape index (κ3) is 4.35. The van der Waals surface area contributed by atoms with Gasteiger partial charge >= 0.3 is 0 Å². The topological polar surface area (TPSA) is 64.3 Å². The van der Waals surface area contributed by atoms with Gasteiger partial charge < -0.3 is 15.8 Å². The second-order valence-corrected chi connectivity index (χ2v) is 3.10. The van der Waals surface area contributed by atoms with Gasteiger partial charge in [-0.1, -0.05) is 6.07 Å². The molecule has 0 bridgehead atoms. The highest BCUT2D eigenvalue weighted by Crippen LogP contribution is 2.16. The smallest absolute Gasteiger partial charge is 0.219 e. The van der Waals surface area contributed by atoms with Gasteiger partial charge in [-0.15, -0.1) is 0 Å². The van der Waals surface area contributed by atoms with E-state index in [0.717, 1.165) is 11.4 Å². The number of primary amides is 1. The van der Waals surface area contributed by atoms with Crippen molar-refractivity contribution in [3.63, 3.8) is 0 Å². The summed E-state index contributed by atoms with van der Waals surface area (Å²) < 4.78 is 5.34. The fraction of sp³-hybridized carbons (Fsp3) is 0.364. The van der Waals surface area contributed by atoms with Gasteiger partial charge in [-0.2, -0.15) is 0 Å². The molecule has 1 amide bonds. The molecule has 0 atom stereocenters. The molecule has 1 aromatic rings. The normalized spacial score (nSPS) is 9.67. The summed E-state index contributed by atoms with van der Waals surface area (Å²) >= 11 is 0. The lowest BCUT2D eigenvalue weighted by atomic mass is 10.3. The largest absolute Gasteiger partial charge is 0.494 e. The van der Waals surface area contributed by atoms with Crippen molar-refractivity contribution in [2.75, 3.05) is 18.5 Å². The van der Waals surface area contributed by atoms with Crippen molar-refractivity contribution in [1.29, 1.82) is 0 Å². The fourth-order valence-electron chi connectivity index (χ4n) is 1.19. The quantitative estimate of drug-likeness (QED) is 0.742. The molecule has 15 heavy (non-hydrogen) atoms. The van der Waals surface area contributed by atoms with Crippen molar-refractivity contribution in [2.45, 2.75) is 13.3 Å². The Hall–Kier alpha value is -1.71. The molecule has 82 valence electrons. The summed E-state index contributed by atoms with van der Waals surface area (Å²) in [6.45, 7) is 3.13. The van der Waals surface area contributed by atoms with E-state index < -0.39 is 0 Å². The zero-order valence-electron chi connectivity index (χ0n) is 8.82. The van der Waals surface area contributed by atoms with Crippen molar-refractivity contribution in [3.8, 4) is 5.75 Å². The van der Waals surface area contributed by atoms with Gasteiger partial charge in [-0.25, -0.2) is 0 Å². The van der Waals surface area contributed by atoms with Crippen LogP contribution < -0.4 is 15.8 Å². The van der Waals surface area contributed by atoms with Crippen LogP contribution in [0.5, 0.6) is 5.75 Å². The Balaban J connectivity index is 2.46. The van der Waals surface area contributed by atoms with Crippen LogP contribution in [0.3, 0.4) is 0 Å². The first-order chi connectivity index (χ1) is 7.22. The van der Waals surface area contributed by atoms with E-state index >= 15 is 0 Å². The number of nitrogens with two attached hydrogens (primary N) is 1. The number of hydrogen-bond acceptors (Lipinski definition) is 3. The zero-order valence-corrected chi connectivity index (χ0v) is 8.82. The van der Waals surface area contributed by atoms with Gasteiger partial charge in [0.1, 0.15) is 5.75 Å². The maximum absolute atomic E-state index is 10.5. The van der Waals surface area contributed by atoms with Crippen LogP contribution >= 0.6 is 0 Å². The molecular formula is C11H16N2O2. The third-order valence-electron chi connectivity index (χ3n) is 1.85. The molecule has 0 aliphatic rings. The number of benzene rings is 1. The zero-order chi connectivity index (χ0) is 11.1. The number of amides is 1. The molecule has 0 aliphatic carbocycles.